The fraction of sp³-hybridized carbons (Fsp3) is 0.148. The molecule has 19 nitrogen and oxygen atoms in total. The first-order chi connectivity index (χ1) is 23.0. The molecule has 0 saturated heterocycles. The minimum Gasteiger partial charge on any atom is -0.744 e. The van der Waals surface area contributed by atoms with E-state index in [-0.39, 0.29) is 36.4 Å². The van der Waals surface area contributed by atoms with Gasteiger partial charge in [-0.05, 0) is 42.0 Å². The second-order valence-electron chi connectivity index (χ2n) is 9.95. The molecule has 0 aliphatic carbocycles. The quantitative estimate of drug-likeness (QED) is 0.0909. The van der Waals surface area contributed by atoms with Crippen LogP contribution in [-0.2, 0) is 30.4 Å². The highest BCUT2D eigenvalue weighted by atomic mass is 32.2. The average Bonchev–Trinajstić information content (AvgIpc) is 3.01. The number of rotatable bonds is 12. The predicted octanol–water partition coefficient (Wildman–Crippen LogP) is 2.59. The number of aromatic hydroxyl groups is 1. The molecule has 0 saturated carbocycles. The van der Waals surface area contributed by atoms with E-state index in [9.17, 15) is 49.1 Å². The lowest BCUT2D eigenvalue weighted by Crippen LogP contribution is -2.13. The summed E-state index contributed by atoms with van der Waals surface area (Å²) in [7, 11) is -16.0. The lowest BCUT2D eigenvalue weighted by molar-refractivity contribution is 0.311. The van der Waals surface area contributed by atoms with Gasteiger partial charge in [0, 0.05) is 23.9 Å². The fourth-order valence-corrected chi connectivity index (χ4v) is 6.70. The maximum Gasteiger partial charge on any atom is 0.233 e. The lowest BCUT2D eigenvalue weighted by Gasteiger charge is -2.18. The van der Waals surface area contributed by atoms with Crippen molar-refractivity contribution in [2.45, 2.75) is 21.6 Å². The summed E-state index contributed by atoms with van der Waals surface area (Å²) in [6, 6.07) is 10.5. The molecule has 22 heteroatoms. The van der Waals surface area contributed by atoms with Gasteiger partial charge in [-0.25, -0.2) is 25.3 Å². The van der Waals surface area contributed by atoms with Crippen molar-refractivity contribution in [3.63, 3.8) is 0 Å². The molecule has 0 fully saturated rings. The first-order valence-electron chi connectivity index (χ1n) is 13.8. The van der Waals surface area contributed by atoms with Crippen molar-refractivity contribution in [3.05, 3.63) is 54.6 Å². The Balaban J connectivity index is 1.78. The molecule has 0 atom stereocenters. The van der Waals surface area contributed by atoms with Crippen molar-refractivity contribution in [2.75, 3.05) is 35.6 Å². The maximum absolute atomic E-state index is 12.4. The zero-order chi connectivity index (χ0) is 35.7. The Labute approximate surface area is 278 Å². The van der Waals surface area contributed by atoms with Gasteiger partial charge in [-0.1, -0.05) is 30.3 Å². The highest BCUT2D eigenvalue weighted by Gasteiger charge is 2.23. The minimum atomic E-state index is -5.53. The number of azo groups is 1. The number of fused-ring (bicyclic) bond motifs is 2. The molecule has 4 aromatic carbocycles. The van der Waals surface area contributed by atoms with Crippen LogP contribution < -0.4 is 16.0 Å². The Hall–Kier alpha value is -5.10. The normalized spacial score (nSPS) is 12.5. The topological polar surface area (TPSA) is 312 Å². The van der Waals surface area contributed by atoms with Crippen LogP contribution in [0.4, 0.5) is 34.9 Å². The van der Waals surface area contributed by atoms with E-state index >= 15 is 0 Å². The fourth-order valence-electron chi connectivity index (χ4n) is 4.70. The number of hydrogen-bond donors (Lipinski definition) is 5. The molecule has 0 amide bonds. The molecule has 0 unspecified atom stereocenters. The summed E-state index contributed by atoms with van der Waals surface area (Å²) in [4.78, 5) is 9.39. The van der Waals surface area contributed by atoms with Gasteiger partial charge in [0.05, 0.1) is 27.0 Å². The molecule has 0 spiro atoms. The molecule has 0 bridgehead atoms. The van der Waals surface area contributed by atoms with Crippen LogP contribution in [0.25, 0.3) is 21.5 Å². The molecule has 0 aliphatic rings. The number of aromatic nitrogens is 3. The van der Waals surface area contributed by atoms with Gasteiger partial charge in [-0.3, -0.25) is 0 Å². The highest BCUT2D eigenvalue weighted by Crippen LogP contribution is 2.46. The Kier molecular flexibility index (Phi) is 9.65. The average molecular weight is 732 g/mol. The number of anilines is 4. The summed E-state index contributed by atoms with van der Waals surface area (Å²) in [6.45, 7) is 1.81. The molecule has 0 radical (unpaired) electrons. The van der Waals surface area contributed by atoms with E-state index in [1.807, 2.05) is 0 Å². The minimum absolute atomic E-state index is 0.00954. The summed E-state index contributed by atoms with van der Waals surface area (Å²) >= 11 is 0. The second-order valence-corrected chi connectivity index (χ2v) is 14.0. The zero-order valence-corrected chi connectivity index (χ0v) is 27.3. The SMILES string of the molecule is CCNc1nc(NCCO)nc(Nc2cc(S(=O)(=O)[O-])cc3cc(S(=O)(=O)[O-])c(N=Nc4ccc5ccccc5c4S(=O)(=O)[O-])c(O)c23)n1. The highest BCUT2D eigenvalue weighted by molar-refractivity contribution is 7.86. The molecule has 49 heavy (non-hydrogen) atoms. The monoisotopic (exact) mass is 731 g/mol. The van der Waals surface area contributed by atoms with Crippen LogP contribution in [-0.4, -0.2) is 83.8 Å². The summed E-state index contributed by atoms with van der Waals surface area (Å²) in [5.41, 5.74) is -1.97. The lowest BCUT2D eigenvalue weighted by atomic mass is 10.1. The van der Waals surface area contributed by atoms with Crippen molar-refractivity contribution < 1.29 is 49.1 Å². The molecular formula is C27H23N8O11S3-3. The number of hydrogen-bond acceptors (Lipinski definition) is 19. The van der Waals surface area contributed by atoms with Gasteiger partial charge >= 0.3 is 0 Å². The van der Waals surface area contributed by atoms with Crippen LogP contribution in [0.1, 0.15) is 6.92 Å². The molecule has 258 valence electrons. The van der Waals surface area contributed by atoms with E-state index in [1.165, 1.54) is 24.3 Å². The van der Waals surface area contributed by atoms with Crippen LogP contribution in [0.5, 0.6) is 5.75 Å². The third-order valence-corrected chi connectivity index (χ3v) is 9.25. The van der Waals surface area contributed by atoms with E-state index in [2.05, 4.69) is 41.1 Å². The van der Waals surface area contributed by atoms with Gasteiger partial charge in [0.1, 0.15) is 41.7 Å². The number of nitrogens with zero attached hydrogens (tertiary/aromatic N) is 5. The molecule has 0 aliphatic heterocycles. The van der Waals surface area contributed by atoms with Crippen LogP contribution >= 0.6 is 0 Å². The van der Waals surface area contributed by atoms with Crippen molar-refractivity contribution in [2.24, 2.45) is 10.2 Å². The van der Waals surface area contributed by atoms with E-state index in [1.54, 1.807) is 13.0 Å². The van der Waals surface area contributed by atoms with Gasteiger partial charge < -0.3 is 39.8 Å². The number of phenols is 1. The number of aliphatic hydroxyl groups excluding tert-OH is 1. The summed E-state index contributed by atoms with van der Waals surface area (Å²) in [6.07, 6.45) is 0. The summed E-state index contributed by atoms with van der Waals surface area (Å²) < 4.78 is 110. The first-order valence-corrected chi connectivity index (χ1v) is 18.0. The smallest absolute Gasteiger partial charge is 0.233 e. The molecule has 5 N–H and O–H groups in total. The van der Waals surface area contributed by atoms with Crippen molar-refractivity contribution in [3.8, 4) is 5.75 Å². The number of phenolic OH excluding ortho intramolecular Hbond substituents is 1. The number of benzene rings is 4. The van der Waals surface area contributed by atoms with Crippen LogP contribution in [0.3, 0.4) is 0 Å². The van der Waals surface area contributed by atoms with Gasteiger partial charge in [0.25, 0.3) is 0 Å². The van der Waals surface area contributed by atoms with E-state index in [4.69, 9.17) is 0 Å². The molecule has 5 rings (SSSR count). The Morgan fingerprint density at radius 1 is 0.776 bits per heavy atom. The maximum atomic E-state index is 12.4. The van der Waals surface area contributed by atoms with Crippen LogP contribution in [0.15, 0.2) is 79.5 Å². The molecule has 1 aromatic heterocycles. The number of nitrogens with one attached hydrogen (secondary N) is 3. The predicted molar refractivity (Wildman–Crippen MR) is 170 cm³/mol. The third kappa shape index (κ3) is 7.64. The first kappa shape index (κ1) is 35.2. The Morgan fingerprint density at radius 3 is 2.08 bits per heavy atom. The number of aliphatic hydroxyl groups is 1. The van der Waals surface area contributed by atoms with E-state index in [0.29, 0.717) is 24.1 Å². The molecule has 1 heterocycles. The van der Waals surface area contributed by atoms with Gasteiger partial charge in [-0.15, -0.1) is 10.2 Å². The van der Waals surface area contributed by atoms with Gasteiger partial charge in [-0.2, -0.15) is 15.0 Å². The second kappa shape index (κ2) is 13.4. The largest absolute Gasteiger partial charge is 0.744 e. The molecular weight excluding hydrogens is 709 g/mol. The summed E-state index contributed by atoms with van der Waals surface area (Å²) in [5, 5.41) is 35.6. The zero-order valence-electron chi connectivity index (χ0n) is 24.8. The standard InChI is InChI=1S/C27H26N8O11S3/c1-2-28-25-31-26(29-9-10-36)33-27(32-25)30-19-13-16(47(38,39)40)11-15-12-20(48(41,42)43)22(23(37)21(15)19)35-34-18-8-7-14-5-3-4-6-17(14)24(18)49(44,45)46/h3-8,11-13,36-37H,2,9-10H2,1H3,(H,38,39,40)(H,41,42,43)(H,44,45,46)(H3,28,29,30,31,32,33)/p-3. The van der Waals surface area contributed by atoms with E-state index < -0.39 is 78.6 Å². The van der Waals surface area contributed by atoms with Crippen LogP contribution in [0.2, 0.25) is 0 Å². The Bertz CT molecular complexity index is 2480. The summed E-state index contributed by atoms with van der Waals surface area (Å²) in [5.74, 6) is -1.43. The third-order valence-electron chi connectivity index (χ3n) is 6.66. The van der Waals surface area contributed by atoms with Crippen LogP contribution in [0, 0.1) is 0 Å². The molecule has 5 aromatic rings. The van der Waals surface area contributed by atoms with Gasteiger partial charge in [0.15, 0.2) is 5.75 Å². The van der Waals surface area contributed by atoms with Crippen molar-refractivity contribution >= 4 is 86.8 Å². The Morgan fingerprint density at radius 2 is 1.45 bits per heavy atom. The van der Waals surface area contributed by atoms with E-state index in [0.717, 1.165) is 12.1 Å². The van der Waals surface area contributed by atoms with Crippen molar-refractivity contribution in [1.82, 2.24) is 15.0 Å². The van der Waals surface area contributed by atoms with Crippen molar-refractivity contribution in [1.29, 1.82) is 0 Å². The van der Waals surface area contributed by atoms with Gasteiger partial charge in [0.2, 0.25) is 17.8 Å².